The maximum atomic E-state index is 12.0. The summed E-state index contributed by atoms with van der Waals surface area (Å²) in [6.45, 7) is 1.11. The van der Waals surface area contributed by atoms with Gasteiger partial charge in [-0.05, 0) is 25.0 Å². The summed E-state index contributed by atoms with van der Waals surface area (Å²) in [5.74, 6) is -0.963. The number of nitrogens with zero attached hydrogens (tertiary/aromatic N) is 1. The lowest BCUT2D eigenvalue weighted by molar-refractivity contribution is -0.134. The number of hydrogen-bond donors (Lipinski definition) is 1. The summed E-state index contributed by atoms with van der Waals surface area (Å²) < 4.78 is 4.95. The molecule has 1 amide bonds. The molecule has 2 heterocycles. The second kappa shape index (κ2) is 7.61. The number of amides is 1. The smallest absolute Gasteiger partial charge is 0.344 e. The van der Waals surface area contributed by atoms with Crippen molar-refractivity contribution in [3.05, 3.63) is 34.2 Å². The fraction of sp³-hybridized carbons (Fsp3) is 0.533. The third-order valence-corrected chi connectivity index (χ3v) is 3.57. The van der Waals surface area contributed by atoms with Crippen LogP contribution in [0.3, 0.4) is 0 Å². The Morgan fingerprint density at radius 1 is 1.14 bits per heavy atom. The molecule has 21 heavy (non-hydrogen) atoms. The molecular weight excluding hydrogens is 272 g/mol. The van der Waals surface area contributed by atoms with Gasteiger partial charge in [-0.3, -0.25) is 9.59 Å². The number of esters is 1. The molecule has 0 aromatic carbocycles. The Balaban J connectivity index is 1.87. The molecule has 2 rings (SSSR count). The average Bonchev–Trinajstić information content (AvgIpc) is 2.44. The first-order valence-electron chi connectivity index (χ1n) is 7.31. The van der Waals surface area contributed by atoms with Crippen LogP contribution in [0.4, 0.5) is 0 Å². The minimum atomic E-state index is -0.766. The molecule has 1 N–H and O–H groups in total. The number of aromatic amines is 1. The number of hydrogen-bond acceptors (Lipinski definition) is 4. The van der Waals surface area contributed by atoms with Crippen molar-refractivity contribution in [2.75, 3.05) is 19.7 Å². The summed E-state index contributed by atoms with van der Waals surface area (Å²) in [6.07, 6.45) is 6.88. The minimum absolute atomic E-state index is 0.0852. The predicted octanol–water partition coefficient (Wildman–Crippen LogP) is 1.32. The lowest BCUT2D eigenvalue weighted by Gasteiger charge is -2.24. The van der Waals surface area contributed by atoms with Crippen LogP contribution < -0.4 is 5.56 Å². The minimum Gasteiger partial charge on any atom is -0.452 e. The maximum Gasteiger partial charge on any atom is 0.344 e. The van der Waals surface area contributed by atoms with Crippen LogP contribution in [0.15, 0.2) is 23.1 Å². The molecule has 1 aliphatic heterocycles. The molecule has 0 atom stereocenters. The second-order valence-electron chi connectivity index (χ2n) is 5.14. The van der Waals surface area contributed by atoms with Crippen LogP contribution in [-0.2, 0) is 9.53 Å². The lowest BCUT2D eigenvalue weighted by atomic mass is 10.1. The van der Waals surface area contributed by atoms with Crippen LogP contribution >= 0.6 is 0 Å². The quantitative estimate of drug-likeness (QED) is 0.852. The molecule has 1 aromatic heterocycles. The topological polar surface area (TPSA) is 79.5 Å². The van der Waals surface area contributed by atoms with E-state index in [9.17, 15) is 14.4 Å². The van der Waals surface area contributed by atoms with Crippen LogP contribution in [0, 0.1) is 0 Å². The Kier molecular flexibility index (Phi) is 5.54. The summed E-state index contributed by atoms with van der Waals surface area (Å²) >= 11 is 0. The van der Waals surface area contributed by atoms with E-state index in [1.165, 1.54) is 24.8 Å². The number of H-pyrrole nitrogens is 1. The van der Waals surface area contributed by atoms with Crippen LogP contribution in [0.1, 0.15) is 42.5 Å². The van der Waals surface area contributed by atoms with Crippen molar-refractivity contribution in [1.82, 2.24) is 9.88 Å². The van der Waals surface area contributed by atoms with Gasteiger partial charge in [-0.25, -0.2) is 4.79 Å². The van der Waals surface area contributed by atoms with Gasteiger partial charge in [0.05, 0.1) is 0 Å². The van der Waals surface area contributed by atoms with E-state index in [4.69, 9.17) is 4.74 Å². The van der Waals surface area contributed by atoms with Crippen LogP contribution in [-0.4, -0.2) is 41.5 Å². The van der Waals surface area contributed by atoms with Gasteiger partial charge in [-0.15, -0.1) is 0 Å². The van der Waals surface area contributed by atoms with E-state index in [1.807, 2.05) is 0 Å². The molecule has 0 spiro atoms. The summed E-state index contributed by atoms with van der Waals surface area (Å²) in [4.78, 5) is 39.4. The highest BCUT2D eigenvalue weighted by Crippen LogP contribution is 2.10. The molecule has 1 aromatic rings. The van der Waals surface area contributed by atoms with Crippen molar-refractivity contribution in [3.8, 4) is 0 Å². The fourth-order valence-corrected chi connectivity index (χ4v) is 2.38. The molecular formula is C15H20N2O4. The molecule has 114 valence electrons. The Morgan fingerprint density at radius 3 is 2.48 bits per heavy atom. The summed E-state index contributed by atoms with van der Waals surface area (Å²) in [7, 11) is 0. The van der Waals surface area contributed by atoms with Crippen molar-refractivity contribution in [3.63, 3.8) is 0 Å². The highest BCUT2D eigenvalue weighted by atomic mass is 16.5. The normalized spacial score (nSPS) is 15.9. The van der Waals surface area contributed by atoms with Crippen LogP contribution in [0.2, 0.25) is 0 Å². The Bertz CT molecular complexity index is 545. The predicted molar refractivity (Wildman–Crippen MR) is 77.0 cm³/mol. The summed E-state index contributed by atoms with van der Waals surface area (Å²) in [5.41, 5.74) is -0.598. The van der Waals surface area contributed by atoms with Gasteiger partial charge in [0.2, 0.25) is 0 Å². The van der Waals surface area contributed by atoms with Gasteiger partial charge in [0.1, 0.15) is 5.56 Å². The van der Waals surface area contributed by atoms with Crippen LogP contribution in [0.5, 0.6) is 0 Å². The average molecular weight is 292 g/mol. The molecule has 0 saturated carbocycles. The number of nitrogens with one attached hydrogen (secondary N) is 1. The molecule has 0 bridgehead atoms. The first kappa shape index (κ1) is 15.3. The second-order valence-corrected chi connectivity index (χ2v) is 5.14. The standard InChI is InChI=1S/C15H20N2O4/c18-13(17-9-4-2-1-3-5-10-17)11-21-15(20)12-7-6-8-16-14(12)19/h6-8H,1-5,9-11H2,(H,16,19). The zero-order chi connectivity index (χ0) is 15.1. The zero-order valence-corrected chi connectivity index (χ0v) is 12.0. The molecule has 0 unspecified atom stereocenters. The molecule has 1 saturated heterocycles. The molecule has 0 aliphatic carbocycles. The maximum absolute atomic E-state index is 12.0. The lowest BCUT2D eigenvalue weighted by Crippen LogP contribution is -2.37. The first-order chi connectivity index (χ1) is 10.2. The van der Waals surface area contributed by atoms with Crippen molar-refractivity contribution in [2.45, 2.75) is 32.1 Å². The monoisotopic (exact) mass is 292 g/mol. The molecule has 1 aliphatic rings. The van der Waals surface area contributed by atoms with E-state index in [1.54, 1.807) is 4.90 Å². The number of aromatic nitrogens is 1. The van der Waals surface area contributed by atoms with Crippen molar-refractivity contribution >= 4 is 11.9 Å². The van der Waals surface area contributed by atoms with E-state index in [0.29, 0.717) is 13.1 Å². The number of ether oxygens (including phenoxy) is 1. The number of carbonyl (C=O) groups is 2. The zero-order valence-electron chi connectivity index (χ0n) is 12.0. The van der Waals surface area contributed by atoms with Gasteiger partial charge >= 0.3 is 5.97 Å². The van der Waals surface area contributed by atoms with Crippen molar-refractivity contribution < 1.29 is 14.3 Å². The van der Waals surface area contributed by atoms with E-state index in [0.717, 1.165) is 25.7 Å². The number of likely N-dealkylation sites (tertiary alicyclic amines) is 1. The van der Waals surface area contributed by atoms with Crippen molar-refractivity contribution in [2.24, 2.45) is 0 Å². The van der Waals surface area contributed by atoms with E-state index < -0.39 is 11.5 Å². The van der Waals surface area contributed by atoms with Gasteiger partial charge in [0, 0.05) is 19.3 Å². The van der Waals surface area contributed by atoms with Crippen LogP contribution in [0.25, 0.3) is 0 Å². The summed E-state index contributed by atoms with van der Waals surface area (Å²) in [5, 5.41) is 0. The SMILES string of the molecule is O=C(OCC(=O)N1CCCCCCC1)c1ccc[nH]c1=O. The van der Waals surface area contributed by atoms with Gasteiger partial charge in [-0.1, -0.05) is 19.3 Å². The number of rotatable bonds is 3. The first-order valence-corrected chi connectivity index (χ1v) is 7.31. The molecule has 0 radical (unpaired) electrons. The Morgan fingerprint density at radius 2 is 1.81 bits per heavy atom. The van der Waals surface area contributed by atoms with E-state index in [2.05, 4.69) is 4.98 Å². The Labute approximate surface area is 123 Å². The Hall–Kier alpha value is -2.11. The van der Waals surface area contributed by atoms with E-state index >= 15 is 0 Å². The molecule has 6 heteroatoms. The van der Waals surface area contributed by atoms with Crippen molar-refractivity contribution in [1.29, 1.82) is 0 Å². The third-order valence-electron chi connectivity index (χ3n) is 3.57. The van der Waals surface area contributed by atoms with Gasteiger partial charge < -0.3 is 14.6 Å². The third kappa shape index (κ3) is 4.44. The fourth-order valence-electron chi connectivity index (χ4n) is 2.38. The number of pyridine rings is 1. The van der Waals surface area contributed by atoms with Gasteiger partial charge in [0.25, 0.3) is 11.5 Å². The largest absolute Gasteiger partial charge is 0.452 e. The van der Waals surface area contributed by atoms with E-state index in [-0.39, 0.29) is 18.1 Å². The number of carbonyl (C=O) groups excluding carboxylic acids is 2. The highest BCUT2D eigenvalue weighted by Gasteiger charge is 2.18. The van der Waals surface area contributed by atoms with Gasteiger partial charge in [0.15, 0.2) is 6.61 Å². The molecule has 6 nitrogen and oxygen atoms in total. The van der Waals surface area contributed by atoms with Gasteiger partial charge in [-0.2, -0.15) is 0 Å². The highest BCUT2D eigenvalue weighted by molar-refractivity contribution is 5.90. The summed E-state index contributed by atoms with van der Waals surface area (Å²) in [6, 6.07) is 2.92. The molecule has 1 fully saturated rings.